The van der Waals surface area contributed by atoms with E-state index in [0.717, 1.165) is 12.5 Å². The van der Waals surface area contributed by atoms with E-state index in [9.17, 15) is 0 Å². The van der Waals surface area contributed by atoms with Crippen molar-refractivity contribution in [3.8, 4) is 0 Å². The Hall–Kier alpha value is -0.120. The summed E-state index contributed by atoms with van der Waals surface area (Å²) in [5.74, 6) is 0.807. The van der Waals surface area contributed by atoms with Crippen molar-refractivity contribution in [2.45, 2.75) is 19.8 Å². The molecule has 1 unspecified atom stereocenters. The number of nitrogens with one attached hydrogen (secondary N) is 1. The van der Waals surface area contributed by atoms with Crippen molar-refractivity contribution >= 4 is 0 Å². The Morgan fingerprint density at radius 3 is 2.87 bits per heavy atom. The third-order valence-electron chi connectivity index (χ3n) is 3.00. The van der Waals surface area contributed by atoms with Crippen LogP contribution in [0.5, 0.6) is 0 Å². The summed E-state index contributed by atoms with van der Waals surface area (Å²) in [6, 6.07) is 0. The summed E-state index contributed by atoms with van der Waals surface area (Å²) in [5.41, 5.74) is 0. The molecular weight excluding hydrogens is 186 g/mol. The number of unbranched alkanes of at least 4 members (excludes halogenated alkanes) is 1. The van der Waals surface area contributed by atoms with E-state index < -0.39 is 0 Å². The first-order valence-electron chi connectivity index (χ1n) is 6.26. The molecule has 1 fully saturated rings. The Bertz CT molecular complexity index is 159. The van der Waals surface area contributed by atoms with E-state index in [2.05, 4.69) is 36.1 Å². The Kier molecular flexibility index (Phi) is 6.22. The van der Waals surface area contributed by atoms with Crippen LogP contribution in [0.4, 0.5) is 0 Å². The van der Waals surface area contributed by atoms with Gasteiger partial charge in [0.2, 0.25) is 0 Å². The lowest BCUT2D eigenvalue weighted by molar-refractivity contribution is 0.254. The van der Waals surface area contributed by atoms with Crippen LogP contribution in [-0.2, 0) is 0 Å². The molecule has 3 heteroatoms. The molecule has 1 atom stereocenters. The first-order valence-corrected chi connectivity index (χ1v) is 6.26. The van der Waals surface area contributed by atoms with Gasteiger partial charge in [-0.05, 0) is 52.5 Å². The second kappa shape index (κ2) is 7.20. The zero-order chi connectivity index (χ0) is 11.1. The third-order valence-corrected chi connectivity index (χ3v) is 3.00. The Labute approximate surface area is 94.8 Å². The van der Waals surface area contributed by atoms with Gasteiger partial charge in [0.05, 0.1) is 0 Å². The van der Waals surface area contributed by atoms with Gasteiger partial charge in [0.25, 0.3) is 0 Å². The molecule has 1 aliphatic heterocycles. The standard InChI is InChI=1S/C12H27N3/c1-12-10-13-6-9-15(11-12)8-5-4-7-14(2)3/h12-13H,4-11H2,1-3H3. The van der Waals surface area contributed by atoms with Crippen molar-refractivity contribution in [3.63, 3.8) is 0 Å². The average Bonchev–Trinajstić information content (AvgIpc) is 2.37. The summed E-state index contributed by atoms with van der Waals surface area (Å²) in [6.07, 6.45) is 2.66. The molecule has 0 spiro atoms. The Balaban J connectivity index is 2.08. The van der Waals surface area contributed by atoms with Gasteiger partial charge in [-0.3, -0.25) is 0 Å². The monoisotopic (exact) mass is 213 g/mol. The molecule has 0 amide bonds. The van der Waals surface area contributed by atoms with E-state index in [1.54, 1.807) is 0 Å². The van der Waals surface area contributed by atoms with Crippen LogP contribution in [0, 0.1) is 5.92 Å². The van der Waals surface area contributed by atoms with Gasteiger partial charge in [-0.15, -0.1) is 0 Å². The lowest BCUT2D eigenvalue weighted by Gasteiger charge is -2.22. The van der Waals surface area contributed by atoms with Crippen LogP contribution in [0.2, 0.25) is 0 Å². The van der Waals surface area contributed by atoms with Crippen LogP contribution in [0.3, 0.4) is 0 Å². The summed E-state index contributed by atoms with van der Waals surface area (Å²) in [7, 11) is 4.30. The van der Waals surface area contributed by atoms with Crippen molar-refractivity contribution in [2.75, 3.05) is 53.4 Å². The van der Waals surface area contributed by atoms with Crippen LogP contribution in [0.15, 0.2) is 0 Å². The first-order chi connectivity index (χ1) is 7.18. The fraction of sp³-hybridized carbons (Fsp3) is 1.00. The largest absolute Gasteiger partial charge is 0.315 e. The maximum atomic E-state index is 3.49. The fourth-order valence-electron chi connectivity index (χ4n) is 2.15. The topological polar surface area (TPSA) is 18.5 Å². The van der Waals surface area contributed by atoms with E-state index >= 15 is 0 Å². The summed E-state index contributed by atoms with van der Waals surface area (Å²) in [6.45, 7) is 9.69. The highest BCUT2D eigenvalue weighted by Crippen LogP contribution is 2.04. The quantitative estimate of drug-likeness (QED) is 0.684. The molecule has 90 valence electrons. The van der Waals surface area contributed by atoms with Gasteiger partial charge in [-0.2, -0.15) is 0 Å². The van der Waals surface area contributed by atoms with Crippen molar-refractivity contribution < 1.29 is 0 Å². The molecule has 0 aromatic heterocycles. The van der Waals surface area contributed by atoms with E-state index in [1.165, 1.54) is 45.6 Å². The van der Waals surface area contributed by atoms with Crippen LogP contribution in [0.1, 0.15) is 19.8 Å². The van der Waals surface area contributed by atoms with E-state index in [4.69, 9.17) is 0 Å². The van der Waals surface area contributed by atoms with E-state index in [-0.39, 0.29) is 0 Å². The van der Waals surface area contributed by atoms with E-state index in [1.807, 2.05) is 0 Å². The van der Waals surface area contributed by atoms with Gasteiger partial charge in [0, 0.05) is 19.6 Å². The molecule has 0 bridgehead atoms. The molecular formula is C12H27N3. The van der Waals surface area contributed by atoms with Crippen molar-refractivity contribution in [2.24, 2.45) is 5.92 Å². The third kappa shape index (κ3) is 6.13. The maximum absolute atomic E-state index is 3.49. The molecule has 1 saturated heterocycles. The predicted octanol–water partition coefficient (Wildman–Crippen LogP) is 0.870. The molecule has 1 rings (SSSR count). The van der Waals surface area contributed by atoms with Crippen LogP contribution < -0.4 is 5.32 Å². The van der Waals surface area contributed by atoms with Crippen molar-refractivity contribution in [1.29, 1.82) is 0 Å². The average molecular weight is 213 g/mol. The molecule has 0 aliphatic carbocycles. The van der Waals surface area contributed by atoms with Crippen LogP contribution in [-0.4, -0.2) is 63.2 Å². The highest BCUT2D eigenvalue weighted by Gasteiger charge is 2.13. The summed E-state index contributed by atoms with van der Waals surface area (Å²) in [5, 5.41) is 3.49. The number of hydrogen-bond donors (Lipinski definition) is 1. The smallest absolute Gasteiger partial charge is 0.0107 e. The highest BCUT2D eigenvalue weighted by molar-refractivity contribution is 4.70. The minimum Gasteiger partial charge on any atom is -0.315 e. The molecule has 0 aromatic rings. The SMILES string of the molecule is CC1CNCCN(CCCCN(C)C)C1. The minimum absolute atomic E-state index is 0.807. The number of rotatable bonds is 5. The molecule has 1 aliphatic rings. The van der Waals surface area contributed by atoms with Gasteiger partial charge in [0.15, 0.2) is 0 Å². The molecule has 1 heterocycles. The normalized spacial score (nSPS) is 24.4. The zero-order valence-corrected chi connectivity index (χ0v) is 10.6. The molecule has 1 N–H and O–H groups in total. The lowest BCUT2D eigenvalue weighted by atomic mass is 10.1. The summed E-state index contributed by atoms with van der Waals surface area (Å²) in [4.78, 5) is 4.88. The minimum atomic E-state index is 0.807. The van der Waals surface area contributed by atoms with Gasteiger partial charge in [0.1, 0.15) is 0 Å². The molecule has 15 heavy (non-hydrogen) atoms. The molecule has 0 aromatic carbocycles. The maximum Gasteiger partial charge on any atom is 0.0107 e. The zero-order valence-electron chi connectivity index (χ0n) is 10.6. The second-order valence-corrected chi connectivity index (χ2v) is 5.12. The predicted molar refractivity (Wildman–Crippen MR) is 66.3 cm³/mol. The fourth-order valence-corrected chi connectivity index (χ4v) is 2.15. The van der Waals surface area contributed by atoms with Crippen LogP contribution in [0.25, 0.3) is 0 Å². The summed E-state index contributed by atoms with van der Waals surface area (Å²) < 4.78 is 0. The number of nitrogens with zero attached hydrogens (tertiary/aromatic N) is 2. The molecule has 3 nitrogen and oxygen atoms in total. The van der Waals surface area contributed by atoms with Crippen molar-refractivity contribution in [3.05, 3.63) is 0 Å². The second-order valence-electron chi connectivity index (χ2n) is 5.12. The first kappa shape index (κ1) is 12.9. The Morgan fingerprint density at radius 1 is 1.33 bits per heavy atom. The van der Waals surface area contributed by atoms with Crippen molar-refractivity contribution in [1.82, 2.24) is 15.1 Å². The van der Waals surface area contributed by atoms with Gasteiger partial charge < -0.3 is 15.1 Å². The summed E-state index contributed by atoms with van der Waals surface area (Å²) >= 11 is 0. The van der Waals surface area contributed by atoms with E-state index in [0.29, 0.717) is 0 Å². The van der Waals surface area contributed by atoms with Gasteiger partial charge in [-0.1, -0.05) is 6.92 Å². The molecule has 0 saturated carbocycles. The van der Waals surface area contributed by atoms with Gasteiger partial charge in [-0.25, -0.2) is 0 Å². The number of hydrogen-bond acceptors (Lipinski definition) is 3. The highest BCUT2D eigenvalue weighted by atomic mass is 15.2. The Morgan fingerprint density at radius 2 is 2.13 bits per heavy atom. The van der Waals surface area contributed by atoms with Gasteiger partial charge >= 0.3 is 0 Å². The van der Waals surface area contributed by atoms with Crippen LogP contribution >= 0.6 is 0 Å². The lowest BCUT2D eigenvalue weighted by Crippen LogP contribution is -2.30. The molecule has 0 radical (unpaired) electrons.